The summed E-state index contributed by atoms with van der Waals surface area (Å²) in [6.07, 6.45) is 7.96. The second-order valence-corrected chi connectivity index (χ2v) is 6.85. The Balaban J connectivity index is 1.60. The molecule has 2 amide bonds. The number of carbonyl (C=O) groups is 2. The molecule has 0 saturated carbocycles. The molecule has 0 radical (unpaired) electrons. The molecule has 7 heteroatoms. The van der Waals surface area contributed by atoms with E-state index in [-0.39, 0.29) is 24.4 Å². The summed E-state index contributed by atoms with van der Waals surface area (Å²) in [6.45, 7) is 3.68. The number of hydrogen-bond acceptors (Lipinski definition) is 4. The zero-order chi connectivity index (χ0) is 16.9. The largest absolute Gasteiger partial charge is 0.345 e. The molecule has 3 heterocycles. The maximum Gasteiger partial charge on any atom is 0.240 e. The number of hydrogen-bond donors (Lipinski definition) is 1. The first-order valence-corrected chi connectivity index (χ1v) is 9.14. The molecule has 2 aliphatic rings. The van der Waals surface area contributed by atoms with Gasteiger partial charge in [-0.1, -0.05) is 12.8 Å². The van der Waals surface area contributed by atoms with Crippen molar-refractivity contribution in [2.45, 2.75) is 70.9 Å². The molecule has 1 atom stereocenters. The van der Waals surface area contributed by atoms with Gasteiger partial charge in [0.05, 0.1) is 12.6 Å². The molecule has 1 N–H and O–H groups in total. The Hall–Kier alpha value is -1.92. The molecule has 24 heavy (non-hydrogen) atoms. The van der Waals surface area contributed by atoms with Gasteiger partial charge in [0.25, 0.3) is 0 Å². The highest BCUT2D eigenvalue weighted by Crippen LogP contribution is 2.18. The van der Waals surface area contributed by atoms with Gasteiger partial charge in [0, 0.05) is 25.9 Å². The summed E-state index contributed by atoms with van der Waals surface area (Å²) >= 11 is 0. The van der Waals surface area contributed by atoms with Gasteiger partial charge in [0.2, 0.25) is 11.8 Å². The van der Waals surface area contributed by atoms with Crippen molar-refractivity contribution in [3.63, 3.8) is 0 Å². The van der Waals surface area contributed by atoms with Gasteiger partial charge in [-0.25, -0.2) is 0 Å². The van der Waals surface area contributed by atoms with E-state index in [1.807, 2.05) is 6.92 Å². The van der Waals surface area contributed by atoms with E-state index in [4.69, 9.17) is 0 Å². The van der Waals surface area contributed by atoms with E-state index in [0.29, 0.717) is 13.0 Å². The lowest BCUT2D eigenvalue weighted by Crippen LogP contribution is -2.41. The van der Waals surface area contributed by atoms with E-state index in [9.17, 15) is 9.59 Å². The number of amides is 2. The van der Waals surface area contributed by atoms with Crippen molar-refractivity contribution in [2.24, 2.45) is 0 Å². The minimum Gasteiger partial charge on any atom is -0.345 e. The van der Waals surface area contributed by atoms with Crippen molar-refractivity contribution in [3.05, 3.63) is 11.6 Å². The molecule has 3 rings (SSSR count). The van der Waals surface area contributed by atoms with Crippen molar-refractivity contribution < 1.29 is 9.59 Å². The molecular formula is C17H27N5O2. The summed E-state index contributed by atoms with van der Waals surface area (Å²) in [4.78, 5) is 26.0. The van der Waals surface area contributed by atoms with Crippen molar-refractivity contribution in [1.82, 2.24) is 25.0 Å². The van der Waals surface area contributed by atoms with Gasteiger partial charge in [-0.15, -0.1) is 10.2 Å². The van der Waals surface area contributed by atoms with Crippen LogP contribution in [0.4, 0.5) is 0 Å². The third-order valence-corrected chi connectivity index (χ3v) is 4.91. The lowest BCUT2D eigenvalue weighted by molar-refractivity contribution is -0.135. The second-order valence-electron chi connectivity index (χ2n) is 6.85. The van der Waals surface area contributed by atoms with Crippen LogP contribution in [-0.4, -0.2) is 44.6 Å². The van der Waals surface area contributed by atoms with E-state index >= 15 is 0 Å². The molecule has 132 valence electrons. The summed E-state index contributed by atoms with van der Waals surface area (Å²) in [5.74, 6) is 1.81. The van der Waals surface area contributed by atoms with Crippen LogP contribution in [0.5, 0.6) is 0 Å². The number of nitrogens with one attached hydrogen (secondary N) is 1. The predicted octanol–water partition coefficient (Wildman–Crippen LogP) is 1.58. The monoisotopic (exact) mass is 333 g/mol. The Bertz CT molecular complexity index is 598. The average Bonchev–Trinajstić information content (AvgIpc) is 2.70. The van der Waals surface area contributed by atoms with Gasteiger partial charge in [0.1, 0.15) is 5.82 Å². The van der Waals surface area contributed by atoms with E-state index in [0.717, 1.165) is 56.7 Å². The van der Waals surface area contributed by atoms with Crippen LogP contribution < -0.4 is 5.32 Å². The van der Waals surface area contributed by atoms with Crippen LogP contribution in [0, 0.1) is 0 Å². The van der Waals surface area contributed by atoms with Crippen LogP contribution in [0.15, 0.2) is 0 Å². The molecule has 0 spiro atoms. The lowest BCUT2D eigenvalue weighted by atomic mass is 10.2. The molecule has 0 bridgehead atoms. The average molecular weight is 333 g/mol. The molecule has 1 saturated heterocycles. The summed E-state index contributed by atoms with van der Waals surface area (Å²) in [5.41, 5.74) is 0. The first-order valence-electron chi connectivity index (χ1n) is 9.14. The topological polar surface area (TPSA) is 80.1 Å². The van der Waals surface area contributed by atoms with Gasteiger partial charge < -0.3 is 14.8 Å². The van der Waals surface area contributed by atoms with Gasteiger partial charge in [0.15, 0.2) is 5.82 Å². The van der Waals surface area contributed by atoms with Gasteiger partial charge in [-0.05, 0) is 32.6 Å². The summed E-state index contributed by atoms with van der Waals surface area (Å²) < 4.78 is 2.15. The minimum absolute atomic E-state index is 0.0895. The van der Waals surface area contributed by atoms with Crippen molar-refractivity contribution in [1.29, 1.82) is 0 Å². The summed E-state index contributed by atoms with van der Waals surface area (Å²) in [5, 5.41) is 11.6. The van der Waals surface area contributed by atoms with Crippen LogP contribution in [0.1, 0.15) is 69.6 Å². The molecule has 1 fully saturated rings. The number of carbonyl (C=O) groups excluding carboxylic acids is 2. The van der Waals surface area contributed by atoms with E-state index in [2.05, 4.69) is 20.1 Å². The highest BCUT2D eigenvalue weighted by Gasteiger charge is 2.23. The van der Waals surface area contributed by atoms with Crippen LogP contribution in [0.25, 0.3) is 0 Å². The molecule has 1 aromatic rings. The molecule has 2 aliphatic heterocycles. The molecule has 0 unspecified atom stereocenters. The molecular weight excluding hydrogens is 306 g/mol. The van der Waals surface area contributed by atoms with Crippen LogP contribution in [-0.2, 0) is 22.6 Å². The smallest absolute Gasteiger partial charge is 0.240 e. The molecule has 0 aromatic carbocycles. The highest BCUT2D eigenvalue weighted by atomic mass is 16.2. The van der Waals surface area contributed by atoms with Crippen molar-refractivity contribution >= 4 is 11.8 Å². The van der Waals surface area contributed by atoms with Crippen molar-refractivity contribution in [3.8, 4) is 0 Å². The third kappa shape index (κ3) is 3.94. The number of likely N-dealkylation sites (tertiary alicyclic amines) is 1. The highest BCUT2D eigenvalue weighted by molar-refractivity contribution is 5.85. The fourth-order valence-corrected chi connectivity index (χ4v) is 3.56. The maximum atomic E-state index is 12.3. The fraction of sp³-hybridized carbons (Fsp3) is 0.765. The summed E-state index contributed by atoms with van der Waals surface area (Å²) in [7, 11) is 0. The fourth-order valence-electron chi connectivity index (χ4n) is 3.56. The van der Waals surface area contributed by atoms with Gasteiger partial charge in [-0.2, -0.15) is 0 Å². The normalized spacial score (nSPS) is 20.0. The third-order valence-electron chi connectivity index (χ3n) is 4.91. The molecule has 7 nitrogen and oxygen atoms in total. The lowest BCUT2D eigenvalue weighted by Gasteiger charge is -2.21. The minimum atomic E-state index is -0.195. The second kappa shape index (κ2) is 7.77. The standard InChI is InChI=1S/C17H27N5O2/c1-13(17-20-19-14-8-4-2-7-11-22(14)17)18-15(23)12-21-10-6-3-5-9-16(21)24/h13H,2-12H2,1H3,(H,18,23)/t13-/m1/s1. The summed E-state index contributed by atoms with van der Waals surface area (Å²) in [6, 6.07) is -0.195. The van der Waals surface area contributed by atoms with Gasteiger partial charge >= 0.3 is 0 Å². The maximum absolute atomic E-state index is 12.3. The molecule has 0 aliphatic carbocycles. The number of fused-ring (bicyclic) bond motifs is 1. The Morgan fingerprint density at radius 1 is 1.08 bits per heavy atom. The SMILES string of the molecule is C[C@@H](NC(=O)CN1CCCCCC1=O)c1nnc2n1CCCCC2. The number of aryl methyl sites for hydroxylation is 1. The number of rotatable bonds is 4. The van der Waals surface area contributed by atoms with E-state index in [1.54, 1.807) is 4.90 Å². The zero-order valence-electron chi connectivity index (χ0n) is 14.5. The Kier molecular flexibility index (Phi) is 5.48. The first kappa shape index (κ1) is 16.9. The molecule has 1 aromatic heterocycles. The Morgan fingerprint density at radius 3 is 2.67 bits per heavy atom. The first-order chi connectivity index (χ1) is 11.6. The number of aromatic nitrogens is 3. The zero-order valence-corrected chi connectivity index (χ0v) is 14.5. The van der Waals surface area contributed by atoms with Gasteiger partial charge in [-0.3, -0.25) is 9.59 Å². The number of nitrogens with zero attached hydrogens (tertiary/aromatic N) is 4. The van der Waals surface area contributed by atoms with Crippen molar-refractivity contribution in [2.75, 3.05) is 13.1 Å². The van der Waals surface area contributed by atoms with E-state index in [1.165, 1.54) is 6.42 Å². The Morgan fingerprint density at radius 2 is 1.83 bits per heavy atom. The van der Waals surface area contributed by atoms with E-state index < -0.39 is 0 Å². The van der Waals surface area contributed by atoms with Crippen LogP contribution >= 0.6 is 0 Å². The predicted molar refractivity (Wildman–Crippen MR) is 89.2 cm³/mol. The Labute approximate surface area is 142 Å². The quantitative estimate of drug-likeness (QED) is 0.907. The van der Waals surface area contributed by atoms with Crippen LogP contribution in [0.3, 0.4) is 0 Å². The van der Waals surface area contributed by atoms with Crippen LogP contribution in [0.2, 0.25) is 0 Å².